The molecule has 1 amide bonds. The maximum atomic E-state index is 12.3. The molecule has 2 aromatic carbocycles. The van der Waals surface area contributed by atoms with E-state index in [1.165, 1.54) is 11.1 Å². The van der Waals surface area contributed by atoms with Crippen molar-refractivity contribution >= 4 is 16.8 Å². The van der Waals surface area contributed by atoms with Crippen molar-refractivity contribution in [3.05, 3.63) is 59.3 Å². The molecule has 5 nitrogen and oxygen atoms in total. The predicted molar refractivity (Wildman–Crippen MR) is 117 cm³/mol. The lowest BCUT2D eigenvalue weighted by Gasteiger charge is -2.16. The first-order valence-corrected chi connectivity index (χ1v) is 10.6. The van der Waals surface area contributed by atoms with Crippen LogP contribution in [-0.2, 0) is 16.0 Å². The van der Waals surface area contributed by atoms with Gasteiger partial charge in [-0.25, -0.2) is 0 Å². The molecule has 0 aliphatic carbocycles. The van der Waals surface area contributed by atoms with Crippen LogP contribution in [0.2, 0.25) is 0 Å². The van der Waals surface area contributed by atoms with Crippen LogP contribution in [-0.4, -0.2) is 36.3 Å². The highest BCUT2D eigenvalue weighted by Gasteiger charge is 2.29. The number of hydrogen-bond acceptors (Lipinski definition) is 4. The molecule has 1 N–H and O–H groups in total. The minimum Gasteiger partial charge on any atom is -0.487 e. The molecule has 0 bridgehead atoms. The van der Waals surface area contributed by atoms with Crippen LogP contribution >= 0.6 is 0 Å². The van der Waals surface area contributed by atoms with Gasteiger partial charge in [-0.05, 0) is 67.6 Å². The summed E-state index contributed by atoms with van der Waals surface area (Å²) < 4.78 is 11.8. The van der Waals surface area contributed by atoms with E-state index in [0.29, 0.717) is 13.2 Å². The van der Waals surface area contributed by atoms with E-state index >= 15 is 0 Å². The molecule has 2 aliphatic rings. The summed E-state index contributed by atoms with van der Waals surface area (Å²) >= 11 is 0. The van der Waals surface area contributed by atoms with Crippen LogP contribution < -0.4 is 10.1 Å². The lowest BCUT2D eigenvalue weighted by Crippen LogP contribution is -2.40. The number of nitrogens with zero attached hydrogens (tertiary/aromatic N) is 1. The third kappa shape index (κ3) is 3.65. The Hall–Kier alpha value is -2.92. The molecular formula is C25H26N2O3. The molecule has 3 heterocycles. The summed E-state index contributed by atoms with van der Waals surface area (Å²) in [7, 11) is 0. The van der Waals surface area contributed by atoms with Crippen LogP contribution in [0.1, 0.15) is 29.7 Å². The summed E-state index contributed by atoms with van der Waals surface area (Å²) in [4.78, 5) is 16.9. The Kier molecular flexibility index (Phi) is 4.91. The SMILES string of the molecule is Cc1cc2c(c(-c3ccc4nc(C)ccc4c3)c1)O[C@@H](CNC(=O)[C@@H]1CCCO1)C2. The maximum absolute atomic E-state index is 12.3. The minimum absolute atomic E-state index is 0.0271. The number of aryl methyl sites for hydroxylation is 2. The van der Waals surface area contributed by atoms with Gasteiger partial charge in [-0.2, -0.15) is 0 Å². The van der Waals surface area contributed by atoms with Crippen LogP contribution in [0.15, 0.2) is 42.5 Å². The minimum atomic E-state index is -0.304. The monoisotopic (exact) mass is 402 g/mol. The van der Waals surface area contributed by atoms with E-state index in [9.17, 15) is 4.79 Å². The summed E-state index contributed by atoms with van der Waals surface area (Å²) in [5, 5.41) is 4.12. The largest absolute Gasteiger partial charge is 0.487 e. The Morgan fingerprint density at radius 1 is 1.17 bits per heavy atom. The van der Waals surface area contributed by atoms with Gasteiger partial charge in [0.1, 0.15) is 18.0 Å². The van der Waals surface area contributed by atoms with Gasteiger partial charge in [0.15, 0.2) is 0 Å². The number of aromatic nitrogens is 1. The maximum Gasteiger partial charge on any atom is 0.249 e. The van der Waals surface area contributed by atoms with Crippen LogP contribution in [0.4, 0.5) is 0 Å². The van der Waals surface area contributed by atoms with E-state index in [-0.39, 0.29) is 18.1 Å². The van der Waals surface area contributed by atoms with Crippen molar-refractivity contribution in [2.24, 2.45) is 0 Å². The second-order valence-corrected chi connectivity index (χ2v) is 8.35. The van der Waals surface area contributed by atoms with Gasteiger partial charge < -0.3 is 14.8 Å². The molecule has 2 atom stereocenters. The molecular weight excluding hydrogens is 376 g/mol. The molecule has 0 spiro atoms. The number of carbonyl (C=O) groups is 1. The highest BCUT2D eigenvalue weighted by molar-refractivity contribution is 5.86. The fourth-order valence-corrected chi connectivity index (χ4v) is 4.43. The molecule has 1 fully saturated rings. The number of pyridine rings is 1. The average Bonchev–Trinajstić information content (AvgIpc) is 3.41. The van der Waals surface area contributed by atoms with Gasteiger partial charge in [0.25, 0.3) is 0 Å². The van der Waals surface area contributed by atoms with Crippen molar-refractivity contribution in [3.8, 4) is 16.9 Å². The number of carbonyl (C=O) groups excluding carboxylic acids is 1. The highest BCUT2D eigenvalue weighted by Crippen LogP contribution is 2.40. The predicted octanol–water partition coefficient (Wildman–Crippen LogP) is 4.12. The third-order valence-corrected chi connectivity index (χ3v) is 5.91. The van der Waals surface area contributed by atoms with Crippen molar-refractivity contribution in [2.75, 3.05) is 13.2 Å². The summed E-state index contributed by atoms with van der Waals surface area (Å²) in [5.74, 6) is 0.900. The Balaban J connectivity index is 1.38. The van der Waals surface area contributed by atoms with Crippen molar-refractivity contribution in [2.45, 2.75) is 45.3 Å². The Labute approximate surface area is 176 Å². The Morgan fingerprint density at radius 3 is 2.90 bits per heavy atom. The zero-order chi connectivity index (χ0) is 20.7. The van der Waals surface area contributed by atoms with Gasteiger partial charge in [0.2, 0.25) is 5.91 Å². The first-order valence-electron chi connectivity index (χ1n) is 10.6. The van der Waals surface area contributed by atoms with E-state index in [1.807, 2.05) is 13.0 Å². The van der Waals surface area contributed by atoms with Gasteiger partial charge in [0.05, 0.1) is 12.1 Å². The van der Waals surface area contributed by atoms with Crippen LogP contribution in [0.5, 0.6) is 5.75 Å². The van der Waals surface area contributed by atoms with Crippen molar-refractivity contribution < 1.29 is 14.3 Å². The molecule has 154 valence electrons. The molecule has 5 rings (SSSR count). The molecule has 0 saturated carbocycles. The Bertz CT molecular complexity index is 1120. The lowest BCUT2D eigenvalue weighted by molar-refractivity contribution is -0.130. The number of benzene rings is 2. The number of nitrogens with one attached hydrogen (secondary N) is 1. The normalized spacial score (nSPS) is 20.2. The number of rotatable bonds is 4. The zero-order valence-corrected chi connectivity index (χ0v) is 17.4. The third-order valence-electron chi connectivity index (χ3n) is 5.91. The van der Waals surface area contributed by atoms with Gasteiger partial charge >= 0.3 is 0 Å². The molecule has 1 aromatic heterocycles. The average molecular weight is 402 g/mol. The van der Waals surface area contributed by atoms with Gasteiger partial charge in [0, 0.05) is 29.7 Å². The molecule has 5 heteroatoms. The first-order chi connectivity index (χ1) is 14.6. The first kappa shape index (κ1) is 19.1. The van der Waals surface area contributed by atoms with E-state index in [1.54, 1.807) is 0 Å². The smallest absolute Gasteiger partial charge is 0.249 e. The van der Waals surface area contributed by atoms with Crippen molar-refractivity contribution in [1.29, 1.82) is 0 Å². The van der Waals surface area contributed by atoms with E-state index in [2.05, 4.69) is 53.6 Å². The van der Waals surface area contributed by atoms with Crippen LogP contribution in [0.25, 0.3) is 22.0 Å². The molecule has 0 unspecified atom stereocenters. The van der Waals surface area contributed by atoms with E-state index in [0.717, 1.165) is 52.7 Å². The fourth-order valence-electron chi connectivity index (χ4n) is 4.43. The van der Waals surface area contributed by atoms with Crippen molar-refractivity contribution in [1.82, 2.24) is 10.3 Å². The molecule has 2 aliphatic heterocycles. The number of ether oxygens (including phenoxy) is 2. The van der Waals surface area contributed by atoms with E-state index in [4.69, 9.17) is 9.47 Å². The lowest BCUT2D eigenvalue weighted by atomic mass is 9.96. The number of fused-ring (bicyclic) bond motifs is 2. The zero-order valence-electron chi connectivity index (χ0n) is 17.4. The molecule has 1 saturated heterocycles. The number of amides is 1. The summed E-state index contributed by atoms with van der Waals surface area (Å²) in [6, 6.07) is 14.9. The van der Waals surface area contributed by atoms with Crippen LogP contribution in [0, 0.1) is 13.8 Å². The van der Waals surface area contributed by atoms with Gasteiger partial charge in [-0.15, -0.1) is 0 Å². The fraction of sp³-hybridized carbons (Fsp3) is 0.360. The second kappa shape index (κ2) is 7.73. The van der Waals surface area contributed by atoms with Crippen LogP contribution in [0.3, 0.4) is 0 Å². The van der Waals surface area contributed by atoms with Gasteiger partial charge in [-0.1, -0.05) is 18.2 Å². The van der Waals surface area contributed by atoms with Crippen molar-refractivity contribution in [3.63, 3.8) is 0 Å². The molecule has 30 heavy (non-hydrogen) atoms. The second-order valence-electron chi connectivity index (χ2n) is 8.35. The topological polar surface area (TPSA) is 60.5 Å². The molecule has 3 aromatic rings. The standard InChI is InChI=1S/C25H26N2O3/c1-15-10-19-13-20(14-26-25(28)23-4-3-9-29-23)30-24(19)21(11-15)17-7-8-22-18(12-17)6-5-16(2)27-22/h5-8,10-12,20,23H,3-4,9,13-14H2,1-2H3,(H,26,28)/t20-,23+/m1/s1. The summed E-state index contributed by atoms with van der Waals surface area (Å²) in [5.41, 5.74) is 6.64. The summed E-state index contributed by atoms with van der Waals surface area (Å²) in [6.45, 7) is 5.29. The highest BCUT2D eigenvalue weighted by atomic mass is 16.5. The quantitative estimate of drug-likeness (QED) is 0.713. The Morgan fingerprint density at radius 2 is 2.07 bits per heavy atom. The van der Waals surface area contributed by atoms with E-state index < -0.39 is 0 Å². The summed E-state index contributed by atoms with van der Waals surface area (Å²) in [6.07, 6.45) is 2.19. The van der Waals surface area contributed by atoms with Gasteiger partial charge in [-0.3, -0.25) is 9.78 Å². The molecule has 0 radical (unpaired) electrons. The number of hydrogen-bond donors (Lipinski definition) is 1.